The summed E-state index contributed by atoms with van der Waals surface area (Å²) in [6, 6.07) is 19.7. The zero-order valence-electron chi connectivity index (χ0n) is 13.8. The minimum absolute atomic E-state index is 0.151. The van der Waals surface area contributed by atoms with E-state index in [1.54, 1.807) is 4.90 Å². The molecule has 1 amide bonds. The Morgan fingerprint density at radius 3 is 2.17 bits per heavy atom. The van der Waals surface area contributed by atoms with E-state index in [0.29, 0.717) is 6.54 Å². The normalized spacial score (nSPS) is 16.0. The number of benzene rings is 2. The van der Waals surface area contributed by atoms with Gasteiger partial charge in [-0.15, -0.1) is 0 Å². The number of amides is 1. The number of hydrogen-bond donors (Lipinski definition) is 1. The lowest BCUT2D eigenvalue weighted by atomic mass is 10.0. The maximum absolute atomic E-state index is 12.0. The van der Waals surface area contributed by atoms with Crippen molar-refractivity contribution in [1.29, 1.82) is 0 Å². The number of likely N-dealkylation sites (tertiary alicyclic amines) is 1. The molecule has 2 aromatic carbocycles. The Balaban J connectivity index is 1.86. The summed E-state index contributed by atoms with van der Waals surface area (Å²) in [6.45, 7) is 3.27. The summed E-state index contributed by atoms with van der Waals surface area (Å²) in [5.74, 6) is 0. The largest absolute Gasteiger partial charge is 0.465 e. The van der Waals surface area contributed by atoms with E-state index in [9.17, 15) is 9.90 Å². The Bertz CT molecular complexity index is 639. The lowest BCUT2D eigenvalue weighted by Crippen LogP contribution is -2.39. The highest BCUT2D eigenvalue weighted by molar-refractivity contribution is 5.66. The molecule has 126 valence electrons. The molecular weight excluding hydrogens is 300 g/mol. The molecule has 2 aromatic rings. The second kappa shape index (κ2) is 7.97. The highest BCUT2D eigenvalue weighted by Gasteiger charge is 2.28. The molecule has 4 heteroatoms. The Hall–Kier alpha value is -2.33. The SMILES string of the molecule is O=C(O)N(Cc1ccccc1)C(CN1CCCC1)c1ccccc1. The van der Waals surface area contributed by atoms with Gasteiger partial charge >= 0.3 is 6.09 Å². The average molecular weight is 324 g/mol. The molecule has 0 aromatic heterocycles. The van der Waals surface area contributed by atoms with Crippen molar-refractivity contribution in [2.24, 2.45) is 0 Å². The Morgan fingerprint density at radius 2 is 1.58 bits per heavy atom. The van der Waals surface area contributed by atoms with Gasteiger partial charge in [-0.1, -0.05) is 60.7 Å². The van der Waals surface area contributed by atoms with Crippen LogP contribution >= 0.6 is 0 Å². The standard InChI is InChI=1S/C20H24N2O2/c23-20(24)22(15-17-9-3-1-4-10-17)19(16-21-13-7-8-14-21)18-11-5-2-6-12-18/h1-6,9-12,19H,7-8,13-16H2,(H,23,24). The van der Waals surface area contributed by atoms with Gasteiger partial charge in [0.15, 0.2) is 0 Å². The minimum Gasteiger partial charge on any atom is -0.465 e. The van der Waals surface area contributed by atoms with Crippen molar-refractivity contribution in [3.05, 3.63) is 71.8 Å². The van der Waals surface area contributed by atoms with E-state index in [1.807, 2.05) is 60.7 Å². The molecule has 3 rings (SSSR count). The van der Waals surface area contributed by atoms with Crippen molar-refractivity contribution in [1.82, 2.24) is 9.80 Å². The first-order chi connectivity index (χ1) is 11.7. The molecule has 24 heavy (non-hydrogen) atoms. The van der Waals surface area contributed by atoms with Crippen LogP contribution in [0.25, 0.3) is 0 Å². The topological polar surface area (TPSA) is 43.8 Å². The van der Waals surface area contributed by atoms with E-state index in [2.05, 4.69) is 4.90 Å². The highest BCUT2D eigenvalue weighted by atomic mass is 16.4. The van der Waals surface area contributed by atoms with Crippen molar-refractivity contribution in [2.45, 2.75) is 25.4 Å². The van der Waals surface area contributed by atoms with Crippen LogP contribution in [0.1, 0.15) is 30.0 Å². The molecule has 1 unspecified atom stereocenters. The van der Waals surface area contributed by atoms with Crippen LogP contribution in [0.5, 0.6) is 0 Å². The first-order valence-corrected chi connectivity index (χ1v) is 8.55. The van der Waals surface area contributed by atoms with Gasteiger partial charge in [0, 0.05) is 13.1 Å². The molecule has 1 aliphatic heterocycles. The first kappa shape index (κ1) is 16.5. The van der Waals surface area contributed by atoms with Crippen LogP contribution in [0.3, 0.4) is 0 Å². The van der Waals surface area contributed by atoms with E-state index >= 15 is 0 Å². The van der Waals surface area contributed by atoms with Crippen LogP contribution in [-0.4, -0.2) is 40.6 Å². The summed E-state index contributed by atoms with van der Waals surface area (Å²) < 4.78 is 0. The van der Waals surface area contributed by atoms with E-state index in [-0.39, 0.29) is 6.04 Å². The Kier molecular flexibility index (Phi) is 5.49. The molecule has 1 N–H and O–H groups in total. The van der Waals surface area contributed by atoms with Crippen molar-refractivity contribution in [3.63, 3.8) is 0 Å². The molecule has 1 aliphatic rings. The molecule has 4 nitrogen and oxygen atoms in total. The fourth-order valence-electron chi connectivity index (χ4n) is 3.36. The van der Waals surface area contributed by atoms with E-state index in [0.717, 1.165) is 30.8 Å². The number of carboxylic acid groups (broad SMARTS) is 1. The summed E-state index contributed by atoms with van der Waals surface area (Å²) in [4.78, 5) is 15.9. The van der Waals surface area contributed by atoms with Crippen LogP contribution in [0.4, 0.5) is 4.79 Å². The van der Waals surface area contributed by atoms with Gasteiger partial charge in [-0.2, -0.15) is 0 Å². The Labute approximate surface area is 143 Å². The summed E-state index contributed by atoms with van der Waals surface area (Å²) in [5, 5.41) is 9.85. The van der Waals surface area contributed by atoms with Crippen molar-refractivity contribution in [2.75, 3.05) is 19.6 Å². The van der Waals surface area contributed by atoms with E-state index in [1.165, 1.54) is 12.8 Å². The van der Waals surface area contributed by atoms with Gasteiger partial charge in [0.25, 0.3) is 0 Å². The van der Waals surface area contributed by atoms with Crippen LogP contribution in [0.15, 0.2) is 60.7 Å². The van der Waals surface area contributed by atoms with Gasteiger partial charge in [-0.25, -0.2) is 4.79 Å². The molecular formula is C20H24N2O2. The molecule has 0 aliphatic carbocycles. The first-order valence-electron chi connectivity index (χ1n) is 8.55. The summed E-state index contributed by atoms with van der Waals surface area (Å²) in [5.41, 5.74) is 2.07. The van der Waals surface area contributed by atoms with E-state index in [4.69, 9.17) is 0 Å². The van der Waals surface area contributed by atoms with Gasteiger partial charge < -0.3 is 10.0 Å². The number of rotatable bonds is 6. The zero-order valence-corrected chi connectivity index (χ0v) is 13.8. The average Bonchev–Trinajstić information content (AvgIpc) is 3.13. The maximum atomic E-state index is 12.0. The third kappa shape index (κ3) is 4.15. The third-order valence-corrected chi connectivity index (χ3v) is 4.63. The van der Waals surface area contributed by atoms with Gasteiger partial charge in [-0.05, 0) is 37.1 Å². The van der Waals surface area contributed by atoms with Gasteiger partial charge in [0.1, 0.15) is 0 Å². The maximum Gasteiger partial charge on any atom is 0.408 e. The lowest BCUT2D eigenvalue weighted by molar-refractivity contribution is 0.106. The Morgan fingerprint density at radius 1 is 1.00 bits per heavy atom. The van der Waals surface area contributed by atoms with Crippen molar-refractivity contribution < 1.29 is 9.90 Å². The second-order valence-corrected chi connectivity index (χ2v) is 6.33. The monoisotopic (exact) mass is 324 g/mol. The van der Waals surface area contributed by atoms with Crippen LogP contribution in [0, 0.1) is 0 Å². The molecule has 1 atom stereocenters. The number of nitrogens with zero attached hydrogens (tertiary/aromatic N) is 2. The molecule has 1 heterocycles. The summed E-state index contributed by atoms with van der Waals surface area (Å²) in [6.07, 6.45) is 1.53. The van der Waals surface area contributed by atoms with Crippen molar-refractivity contribution in [3.8, 4) is 0 Å². The molecule has 0 radical (unpaired) electrons. The zero-order chi connectivity index (χ0) is 16.8. The fourth-order valence-corrected chi connectivity index (χ4v) is 3.36. The number of carbonyl (C=O) groups is 1. The molecule has 0 saturated carbocycles. The lowest BCUT2D eigenvalue weighted by Gasteiger charge is -2.33. The summed E-state index contributed by atoms with van der Waals surface area (Å²) in [7, 11) is 0. The quantitative estimate of drug-likeness (QED) is 0.873. The van der Waals surface area contributed by atoms with Crippen LogP contribution < -0.4 is 0 Å². The predicted octanol–water partition coefficient (Wildman–Crippen LogP) is 4.00. The molecule has 1 saturated heterocycles. The van der Waals surface area contributed by atoms with Gasteiger partial charge in [0.05, 0.1) is 6.04 Å². The molecule has 0 bridgehead atoms. The van der Waals surface area contributed by atoms with Gasteiger partial charge in [0.2, 0.25) is 0 Å². The van der Waals surface area contributed by atoms with E-state index < -0.39 is 6.09 Å². The summed E-state index contributed by atoms with van der Waals surface area (Å²) >= 11 is 0. The van der Waals surface area contributed by atoms with Crippen LogP contribution in [-0.2, 0) is 6.54 Å². The van der Waals surface area contributed by atoms with Gasteiger partial charge in [-0.3, -0.25) is 4.90 Å². The highest BCUT2D eigenvalue weighted by Crippen LogP contribution is 2.26. The fraction of sp³-hybridized carbons (Fsp3) is 0.350. The minimum atomic E-state index is -0.869. The smallest absolute Gasteiger partial charge is 0.408 e. The number of hydrogen-bond acceptors (Lipinski definition) is 2. The predicted molar refractivity (Wildman–Crippen MR) is 94.9 cm³/mol. The van der Waals surface area contributed by atoms with Crippen molar-refractivity contribution >= 4 is 6.09 Å². The second-order valence-electron chi connectivity index (χ2n) is 6.33. The molecule has 1 fully saturated rings. The molecule has 0 spiro atoms. The third-order valence-electron chi connectivity index (χ3n) is 4.63. The van der Waals surface area contributed by atoms with Crippen LogP contribution in [0.2, 0.25) is 0 Å².